The number of carbonyl (C=O) groups is 1. The third kappa shape index (κ3) is 2.78. The van der Waals surface area contributed by atoms with Crippen molar-refractivity contribution < 1.29 is 4.79 Å². The Balaban J connectivity index is 1.66. The summed E-state index contributed by atoms with van der Waals surface area (Å²) in [6.07, 6.45) is 5.30. The molecule has 1 aliphatic heterocycles. The van der Waals surface area contributed by atoms with Crippen LogP contribution in [0.5, 0.6) is 0 Å². The normalized spacial score (nSPS) is 18.0. The summed E-state index contributed by atoms with van der Waals surface area (Å²) in [7, 11) is 0. The number of imidazole rings is 1. The highest BCUT2D eigenvalue weighted by Crippen LogP contribution is 2.30. The minimum absolute atomic E-state index is 0.0219. The van der Waals surface area contributed by atoms with E-state index < -0.39 is 0 Å². The van der Waals surface area contributed by atoms with E-state index in [4.69, 9.17) is 0 Å². The first kappa shape index (κ1) is 15.2. The van der Waals surface area contributed by atoms with E-state index >= 15 is 0 Å². The maximum Gasteiger partial charge on any atom is 0.274 e. The molecule has 0 bridgehead atoms. The van der Waals surface area contributed by atoms with E-state index in [0.29, 0.717) is 11.5 Å². The largest absolute Gasteiger partial charge is 0.329 e. The molecule has 24 heavy (non-hydrogen) atoms. The summed E-state index contributed by atoms with van der Waals surface area (Å²) in [5.41, 5.74) is 2.87. The van der Waals surface area contributed by atoms with Gasteiger partial charge in [0, 0.05) is 36.6 Å². The van der Waals surface area contributed by atoms with E-state index in [1.807, 2.05) is 28.9 Å². The van der Waals surface area contributed by atoms with Gasteiger partial charge in [-0.1, -0.05) is 29.8 Å². The Labute approximate surface area is 144 Å². The molecule has 1 saturated heterocycles. The summed E-state index contributed by atoms with van der Waals surface area (Å²) in [6.45, 7) is 2.81. The first-order valence-electron chi connectivity index (χ1n) is 7.97. The molecule has 3 heterocycles. The third-order valence-electron chi connectivity index (χ3n) is 4.31. The SMILES string of the molecule is Cc1ccc(C2CSCCN2C(=O)c2cn3cccnc3n2)cc1. The number of hydrogen-bond acceptors (Lipinski definition) is 4. The lowest BCUT2D eigenvalue weighted by molar-refractivity contribution is 0.0696. The van der Waals surface area contributed by atoms with Crippen molar-refractivity contribution in [3.05, 3.63) is 65.7 Å². The van der Waals surface area contributed by atoms with Crippen molar-refractivity contribution in [2.45, 2.75) is 13.0 Å². The number of nitrogens with zero attached hydrogens (tertiary/aromatic N) is 4. The van der Waals surface area contributed by atoms with Gasteiger partial charge in [0.25, 0.3) is 5.91 Å². The van der Waals surface area contributed by atoms with Gasteiger partial charge in [0.15, 0.2) is 0 Å². The fourth-order valence-corrected chi connectivity index (χ4v) is 4.08. The van der Waals surface area contributed by atoms with Gasteiger partial charge in [-0.25, -0.2) is 9.97 Å². The fourth-order valence-electron chi connectivity index (χ4n) is 2.99. The van der Waals surface area contributed by atoms with Gasteiger partial charge in [-0.3, -0.25) is 9.20 Å². The molecule has 1 fully saturated rings. The van der Waals surface area contributed by atoms with Crippen LogP contribution in [0.15, 0.2) is 48.9 Å². The van der Waals surface area contributed by atoms with E-state index in [9.17, 15) is 4.79 Å². The van der Waals surface area contributed by atoms with Crippen LogP contribution >= 0.6 is 11.8 Å². The number of aryl methyl sites for hydroxylation is 1. The van der Waals surface area contributed by atoms with Gasteiger partial charge < -0.3 is 4.90 Å². The highest BCUT2D eigenvalue weighted by atomic mass is 32.2. The molecule has 122 valence electrons. The zero-order chi connectivity index (χ0) is 16.5. The predicted octanol–water partition coefficient (Wildman–Crippen LogP) is 2.97. The van der Waals surface area contributed by atoms with Gasteiger partial charge in [-0.05, 0) is 18.6 Å². The average Bonchev–Trinajstić information content (AvgIpc) is 3.06. The number of fused-ring (bicyclic) bond motifs is 1. The van der Waals surface area contributed by atoms with Gasteiger partial charge in [0.1, 0.15) is 5.69 Å². The second-order valence-corrected chi connectivity index (χ2v) is 7.10. The standard InChI is InChI=1S/C18H18N4OS/c1-13-3-5-14(6-4-13)16-12-24-10-9-22(16)17(23)15-11-21-8-2-7-19-18(21)20-15/h2-8,11,16H,9-10,12H2,1H3. The second kappa shape index (κ2) is 6.28. The van der Waals surface area contributed by atoms with Gasteiger partial charge in [0.2, 0.25) is 5.78 Å². The number of hydrogen-bond donors (Lipinski definition) is 0. The molecular formula is C18H18N4OS. The summed E-state index contributed by atoms with van der Waals surface area (Å²) in [5.74, 6) is 2.41. The van der Waals surface area contributed by atoms with E-state index in [2.05, 4.69) is 41.2 Å². The lowest BCUT2D eigenvalue weighted by Gasteiger charge is -2.35. The van der Waals surface area contributed by atoms with E-state index in [1.165, 1.54) is 11.1 Å². The molecule has 0 radical (unpaired) electrons. The molecule has 3 aromatic rings. The average molecular weight is 338 g/mol. The number of benzene rings is 1. The molecular weight excluding hydrogens is 320 g/mol. The Hall–Kier alpha value is -2.34. The maximum absolute atomic E-state index is 13.0. The van der Waals surface area contributed by atoms with Gasteiger partial charge in [-0.2, -0.15) is 11.8 Å². The summed E-state index contributed by atoms with van der Waals surface area (Å²) in [5, 5.41) is 0. The zero-order valence-corrected chi connectivity index (χ0v) is 14.2. The molecule has 1 aromatic carbocycles. The molecule has 0 spiro atoms. The Kier molecular flexibility index (Phi) is 3.98. The number of amides is 1. The first-order valence-corrected chi connectivity index (χ1v) is 9.13. The van der Waals surface area contributed by atoms with Crippen LogP contribution in [0.25, 0.3) is 5.78 Å². The summed E-state index contributed by atoms with van der Waals surface area (Å²) in [4.78, 5) is 23.6. The van der Waals surface area contributed by atoms with Gasteiger partial charge in [-0.15, -0.1) is 0 Å². The second-order valence-electron chi connectivity index (χ2n) is 5.95. The first-order chi connectivity index (χ1) is 11.7. The van der Waals surface area contributed by atoms with Crippen LogP contribution in [-0.4, -0.2) is 43.2 Å². The smallest absolute Gasteiger partial charge is 0.274 e. The minimum Gasteiger partial charge on any atom is -0.329 e. The van der Waals surface area contributed by atoms with Crippen molar-refractivity contribution in [2.24, 2.45) is 0 Å². The highest BCUT2D eigenvalue weighted by molar-refractivity contribution is 7.99. The van der Waals surface area contributed by atoms with Crippen molar-refractivity contribution in [1.82, 2.24) is 19.3 Å². The lowest BCUT2D eigenvalue weighted by atomic mass is 10.0. The molecule has 1 unspecified atom stereocenters. The summed E-state index contributed by atoms with van der Waals surface area (Å²) in [6, 6.07) is 10.4. The van der Waals surface area contributed by atoms with Crippen molar-refractivity contribution in [3.63, 3.8) is 0 Å². The molecule has 6 heteroatoms. The maximum atomic E-state index is 13.0. The molecule has 0 saturated carbocycles. The lowest BCUT2D eigenvalue weighted by Crippen LogP contribution is -2.40. The topological polar surface area (TPSA) is 50.5 Å². The van der Waals surface area contributed by atoms with Crippen LogP contribution in [0.1, 0.15) is 27.7 Å². The Bertz CT molecular complexity index is 841. The minimum atomic E-state index is -0.0219. The Morgan fingerprint density at radius 1 is 1.29 bits per heavy atom. The molecule has 5 nitrogen and oxygen atoms in total. The van der Waals surface area contributed by atoms with E-state index in [0.717, 1.165) is 18.1 Å². The summed E-state index contributed by atoms with van der Waals surface area (Å²) >= 11 is 1.89. The van der Waals surface area contributed by atoms with Gasteiger partial charge >= 0.3 is 0 Å². The molecule has 1 aliphatic rings. The van der Waals surface area contributed by atoms with E-state index in [1.54, 1.807) is 16.8 Å². The highest BCUT2D eigenvalue weighted by Gasteiger charge is 2.30. The molecule has 1 amide bonds. The molecule has 0 aliphatic carbocycles. The van der Waals surface area contributed by atoms with Crippen LogP contribution in [0.4, 0.5) is 0 Å². The van der Waals surface area contributed by atoms with Gasteiger partial charge in [0.05, 0.1) is 6.04 Å². The summed E-state index contributed by atoms with van der Waals surface area (Å²) < 4.78 is 1.78. The Morgan fingerprint density at radius 2 is 2.12 bits per heavy atom. The molecule has 0 N–H and O–H groups in total. The zero-order valence-electron chi connectivity index (χ0n) is 13.4. The van der Waals surface area contributed by atoms with Crippen molar-refractivity contribution in [3.8, 4) is 0 Å². The molecule has 4 rings (SSSR count). The number of thioether (sulfide) groups is 1. The quantitative estimate of drug-likeness (QED) is 0.721. The van der Waals surface area contributed by atoms with Crippen LogP contribution in [0.2, 0.25) is 0 Å². The van der Waals surface area contributed by atoms with E-state index in [-0.39, 0.29) is 11.9 Å². The monoisotopic (exact) mass is 338 g/mol. The number of aromatic nitrogens is 3. The van der Waals surface area contributed by atoms with Crippen LogP contribution < -0.4 is 0 Å². The van der Waals surface area contributed by atoms with Crippen molar-refractivity contribution in [1.29, 1.82) is 0 Å². The Morgan fingerprint density at radius 3 is 2.92 bits per heavy atom. The fraction of sp³-hybridized carbons (Fsp3) is 0.278. The third-order valence-corrected chi connectivity index (χ3v) is 5.33. The number of carbonyl (C=O) groups excluding carboxylic acids is 1. The number of rotatable bonds is 2. The molecule has 1 atom stereocenters. The van der Waals surface area contributed by atoms with Crippen LogP contribution in [-0.2, 0) is 0 Å². The molecule has 2 aromatic heterocycles. The van der Waals surface area contributed by atoms with Crippen LogP contribution in [0, 0.1) is 6.92 Å². The van der Waals surface area contributed by atoms with Crippen molar-refractivity contribution in [2.75, 3.05) is 18.1 Å². The van der Waals surface area contributed by atoms with Crippen molar-refractivity contribution >= 4 is 23.4 Å². The predicted molar refractivity (Wildman–Crippen MR) is 95.3 cm³/mol. The van der Waals surface area contributed by atoms with Crippen LogP contribution in [0.3, 0.4) is 0 Å².